The number of piperidine rings is 1. The van der Waals surface area contributed by atoms with Gasteiger partial charge < -0.3 is 33.9 Å². The van der Waals surface area contributed by atoms with Crippen molar-refractivity contribution in [2.24, 2.45) is 5.92 Å². The Labute approximate surface area is 242 Å². The maximum absolute atomic E-state index is 13.2. The third-order valence-electron chi connectivity index (χ3n) is 8.43. The van der Waals surface area contributed by atoms with Gasteiger partial charge in [0.2, 0.25) is 17.6 Å². The first-order valence-corrected chi connectivity index (χ1v) is 14.9. The number of rotatable bonds is 10. The molecule has 1 saturated heterocycles. The molecule has 3 heterocycles. The largest absolute Gasteiger partial charge is 0.493 e. The third-order valence-corrected chi connectivity index (χ3v) is 8.43. The standard InChI is InChI=1S/C30H43N7O4/c1-6-35(7-2)29(38)20-12-11-15-36(18-20)30-33-27(32-21-16-23(39-3)26(41-5)24(17-21)40-4)25-28(34-30)37(19-31-25)22-13-9-8-10-14-22/h16-17,19-20,22H,6-15,18H2,1-5H3,(H,32,33,34). The zero-order chi connectivity index (χ0) is 28.9. The predicted molar refractivity (Wildman–Crippen MR) is 160 cm³/mol. The Bertz CT molecular complexity index is 1330. The summed E-state index contributed by atoms with van der Waals surface area (Å²) in [5.74, 6) is 2.96. The number of amides is 1. The molecule has 1 aromatic carbocycles. The highest BCUT2D eigenvalue weighted by Gasteiger charge is 2.31. The van der Waals surface area contributed by atoms with Crippen LogP contribution < -0.4 is 24.4 Å². The molecular weight excluding hydrogens is 522 g/mol. The van der Waals surface area contributed by atoms with Crippen LogP contribution in [0.5, 0.6) is 17.2 Å². The zero-order valence-electron chi connectivity index (χ0n) is 25.0. The maximum Gasteiger partial charge on any atom is 0.229 e. The molecule has 5 rings (SSSR count). The number of nitrogens with one attached hydrogen (secondary N) is 1. The van der Waals surface area contributed by atoms with E-state index in [1.54, 1.807) is 21.3 Å². The molecule has 1 atom stereocenters. The van der Waals surface area contributed by atoms with Gasteiger partial charge in [-0.15, -0.1) is 0 Å². The minimum Gasteiger partial charge on any atom is -0.493 e. The lowest BCUT2D eigenvalue weighted by Crippen LogP contribution is -2.45. The van der Waals surface area contributed by atoms with Crippen molar-refractivity contribution in [2.75, 3.05) is 57.7 Å². The number of aromatic nitrogens is 4. The summed E-state index contributed by atoms with van der Waals surface area (Å²) in [4.78, 5) is 32.2. The summed E-state index contributed by atoms with van der Waals surface area (Å²) < 4.78 is 18.9. The molecule has 41 heavy (non-hydrogen) atoms. The highest BCUT2D eigenvalue weighted by atomic mass is 16.5. The molecule has 0 radical (unpaired) electrons. The van der Waals surface area contributed by atoms with Crippen molar-refractivity contribution in [1.82, 2.24) is 24.4 Å². The van der Waals surface area contributed by atoms with E-state index in [1.165, 1.54) is 19.3 Å². The lowest BCUT2D eigenvalue weighted by atomic mass is 9.95. The van der Waals surface area contributed by atoms with Gasteiger partial charge in [-0.25, -0.2) is 4.98 Å². The minimum absolute atomic E-state index is 0.0716. The van der Waals surface area contributed by atoms with Gasteiger partial charge in [0.15, 0.2) is 28.5 Å². The first-order chi connectivity index (χ1) is 20.0. The van der Waals surface area contributed by atoms with Gasteiger partial charge in [0, 0.05) is 50.0 Å². The van der Waals surface area contributed by atoms with Gasteiger partial charge in [0.05, 0.1) is 33.6 Å². The van der Waals surface area contributed by atoms with Crippen LogP contribution in [-0.4, -0.2) is 77.8 Å². The van der Waals surface area contributed by atoms with E-state index in [2.05, 4.69) is 14.8 Å². The molecule has 0 bridgehead atoms. The molecule has 3 aromatic rings. The minimum atomic E-state index is -0.0716. The number of hydrogen-bond donors (Lipinski definition) is 1. The normalized spacial score (nSPS) is 17.9. The van der Waals surface area contributed by atoms with E-state index in [0.717, 1.165) is 56.7 Å². The Morgan fingerprint density at radius 2 is 1.68 bits per heavy atom. The van der Waals surface area contributed by atoms with E-state index in [-0.39, 0.29) is 11.8 Å². The van der Waals surface area contributed by atoms with Crippen molar-refractivity contribution in [2.45, 2.75) is 64.8 Å². The number of carbonyl (C=O) groups is 1. The molecule has 1 aliphatic heterocycles. The summed E-state index contributed by atoms with van der Waals surface area (Å²) in [5.41, 5.74) is 2.25. The molecular formula is C30H43N7O4. The first kappa shape index (κ1) is 28.8. The topological polar surface area (TPSA) is 107 Å². The molecule has 222 valence electrons. The van der Waals surface area contributed by atoms with Crippen LogP contribution in [-0.2, 0) is 4.79 Å². The summed E-state index contributed by atoms with van der Waals surface area (Å²) >= 11 is 0. The Kier molecular flexibility index (Phi) is 8.99. The third kappa shape index (κ3) is 5.85. The van der Waals surface area contributed by atoms with Gasteiger partial charge >= 0.3 is 0 Å². The van der Waals surface area contributed by atoms with Gasteiger partial charge in [-0.05, 0) is 39.5 Å². The second kappa shape index (κ2) is 12.8. The lowest BCUT2D eigenvalue weighted by Gasteiger charge is -2.34. The number of anilines is 3. The second-order valence-electron chi connectivity index (χ2n) is 10.8. The summed E-state index contributed by atoms with van der Waals surface area (Å²) in [7, 11) is 4.78. The lowest BCUT2D eigenvalue weighted by molar-refractivity contribution is -0.135. The number of methoxy groups -OCH3 is 3. The van der Waals surface area contributed by atoms with Gasteiger partial charge in [-0.3, -0.25) is 4.79 Å². The fourth-order valence-electron chi connectivity index (χ4n) is 6.20. The van der Waals surface area contributed by atoms with Gasteiger partial charge in [-0.1, -0.05) is 19.3 Å². The summed E-state index contributed by atoms with van der Waals surface area (Å²) in [6, 6.07) is 4.07. The van der Waals surface area contributed by atoms with Gasteiger partial charge in [0.25, 0.3) is 0 Å². The molecule has 2 fully saturated rings. The number of hydrogen-bond acceptors (Lipinski definition) is 9. The Morgan fingerprint density at radius 3 is 2.32 bits per heavy atom. The Balaban J connectivity index is 1.55. The van der Waals surface area contributed by atoms with Crippen LogP contribution >= 0.6 is 0 Å². The molecule has 1 aliphatic carbocycles. The number of nitrogens with zero attached hydrogens (tertiary/aromatic N) is 6. The van der Waals surface area contributed by atoms with Crippen LogP contribution in [0.2, 0.25) is 0 Å². The molecule has 2 aliphatic rings. The van der Waals surface area contributed by atoms with Crippen molar-refractivity contribution in [3.05, 3.63) is 18.5 Å². The molecule has 11 heteroatoms. The van der Waals surface area contributed by atoms with E-state index in [0.29, 0.717) is 47.1 Å². The fourth-order valence-corrected chi connectivity index (χ4v) is 6.20. The van der Waals surface area contributed by atoms with Crippen molar-refractivity contribution in [3.8, 4) is 17.2 Å². The smallest absolute Gasteiger partial charge is 0.229 e. The van der Waals surface area contributed by atoms with Crippen LogP contribution in [0.3, 0.4) is 0 Å². The Morgan fingerprint density at radius 1 is 0.976 bits per heavy atom. The van der Waals surface area contributed by atoms with Crippen LogP contribution in [0.1, 0.15) is 64.8 Å². The van der Waals surface area contributed by atoms with Crippen LogP contribution in [0.15, 0.2) is 18.5 Å². The van der Waals surface area contributed by atoms with Crippen LogP contribution in [0, 0.1) is 5.92 Å². The van der Waals surface area contributed by atoms with E-state index in [1.807, 2.05) is 37.2 Å². The first-order valence-electron chi connectivity index (χ1n) is 14.9. The number of ether oxygens (including phenoxy) is 3. The second-order valence-corrected chi connectivity index (χ2v) is 10.8. The van der Waals surface area contributed by atoms with Crippen molar-refractivity contribution < 1.29 is 19.0 Å². The monoisotopic (exact) mass is 565 g/mol. The molecule has 1 N–H and O–H groups in total. The summed E-state index contributed by atoms with van der Waals surface area (Å²) in [6.07, 6.45) is 9.62. The Hall–Kier alpha value is -3.76. The average molecular weight is 566 g/mol. The average Bonchev–Trinajstić information content (AvgIpc) is 3.46. The van der Waals surface area contributed by atoms with Crippen molar-refractivity contribution >= 4 is 34.5 Å². The summed E-state index contributed by atoms with van der Waals surface area (Å²) in [5, 5.41) is 3.47. The molecule has 1 amide bonds. The van der Waals surface area contributed by atoms with Crippen LogP contribution in [0.4, 0.5) is 17.5 Å². The molecule has 1 saturated carbocycles. The molecule has 2 aromatic heterocycles. The fraction of sp³-hybridized carbons (Fsp3) is 0.600. The van der Waals surface area contributed by atoms with E-state index in [4.69, 9.17) is 29.2 Å². The van der Waals surface area contributed by atoms with Gasteiger partial charge in [0.1, 0.15) is 0 Å². The zero-order valence-corrected chi connectivity index (χ0v) is 25.0. The van der Waals surface area contributed by atoms with Crippen molar-refractivity contribution in [1.29, 1.82) is 0 Å². The van der Waals surface area contributed by atoms with E-state index >= 15 is 0 Å². The quantitative estimate of drug-likeness (QED) is 0.356. The predicted octanol–water partition coefficient (Wildman–Crippen LogP) is 5.19. The molecule has 0 spiro atoms. The molecule has 1 unspecified atom stereocenters. The number of imidazole rings is 1. The summed E-state index contributed by atoms with van der Waals surface area (Å²) in [6.45, 7) is 6.91. The van der Waals surface area contributed by atoms with Crippen molar-refractivity contribution in [3.63, 3.8) is 0 Å². The molecule has 11 nitrogen and oxygen atoms in total. The van der Waals surface area contributed by atoms with Crippen LogP contribution in [0.25, 0.3) is 11.2 Å². The van der Waals surface area contributed by atoms with Gasteiger partial charge in [-0.2, -0.15) is 9.97 Å². The highest BCUT2D eigenvalue weighted by molar-refractivity contribution is 5.87. The maximum atomic E-state index is 13.2. The van der Waals surface area contributed by atoms with E-state index < -0.39 is 0 Å². The SMILES string of the molecule is CCN(CC)C(=O)C1CCCN(c2nc(Nc3cc(OC)c(OC)c(OC)c3)c3ncn(C4CCCCC4)c3n2)C1. The van der Waals surface area contributed by atoms with E-state index in [9.17, 15) is 4.79 Å². The number of benzene rings is 1. The number of fused-ring (bicyclic) bond motifs is 1. The number of carbonyl (C=O) groups excluding carboxylic acids is 1. The highest BCUT2D eigenvalue weighted by Crippen LogP contribution is 2.41.